The fourth-order valence-corrected chi connectivity index (χ4v) is 18.6. The summed E-state index contributed by atoms with van der Waals surface area (Å²) >= 11 is 19.5. The molecule has 6 heterocycles. The number of halogens is 2. The molecule has 0 saturated carbocycles. The van der Waals surface area contributed by atoms with Crippen LogP contribution >= 0.6 is 99.9 Å². The molecule has 0 aliphatic heterocycles. The van der Waals surface area contributed by atoms with E-state index in [1.54, 1.807) is 30.3 Å². The average molecular weight is 1190 g/mol. The third-order valence-electron chi connectivity index (χ3n) is 14.6. The summed E-state index contributed by atoms with van der Waals surface area (Å²) < 4.78 is 5.62. The van der Waals surface area contributed by atoms with Gasteiger partial charge in [-0.3, -0.25) is 0 Å². The normalized spacial score (nSPS) is 11.9. The summed E-state index contributed by atoms with van der Waals surface area (Å²) in [6, 6.07) is 18.6. The molecule has 388 valence electrons. The van der Waals surface area contributed by atoms with Crippen LogP contribution in [-0.4, -0.2) is 0 Å². The Hall–Kier alpha value is -0.580. The summed E-state index contributed by atoms with van der Waals surface area (Å²) in [5.41, 5.74) is 3.29. The molecule has 6 aromatic heterocycles. The quantitative estimate of drug-likeness (QED) is 0.0335. The Labute approximate surface area is 469 Å². The van der Waals surface area contributed by atoms with Crippen molar-refractivity contribution >= 4 is 109 Å². The van der Waals surface area contributed by atoms with Gasteiger partial charge in [-0.1, -0.05) is 232 Å². The highest BCUT2D eigenvalue weighted by molar-refractivity contribution is 9.11. The lowest BCUT2D eigenvalue weighted by molar-refractivity contribution is 0.525. The highest BCUT2D eigenvalue weighted by Gasteiger charge is 2.24. The highest BCUT2D eigenvalue weighted by Crippen LogP contribution is 2.53. The Bertz CT molecular complexity index is 2080. The smallest absolute Gasteiger partial charge is 0.0705 e. The zero-order chi connectivity index (χ0) is 48.9. The number of unbranched alkanes of at least 4 members (excludes halogenated alkanes) is 34. The van der Waals surface area contributed by atoms with Gasteiger partial charge in [-0.15, -0.1) is 68.0 Å². The van der Waals surface area contributed by atoms with Gasteiger partial charge in [0, 0.05) is 48.4 Å². The van der Waals surface area contributed by atoms with Crippen LogP contribution in [0.1, 0.15) is 256 Å². The largest absolute Gasteiger partial charge is 0.134 e. The lowest BCUT2D eigenvalue weighted by atomic mass is 10.0. The molecular weight excluding hydrogens is 1100 g/mol. The molecule has 0 aliphatic carbocycles. The van der Waals surface area contributed by atoms with Crippen LogP contribution in [0.15, 0.2) is 56.1 Å². The second-order valence-electron chi connectivity index (χ2n) is 20.5. The van der Waals surface area contributed by atoms with E-state index in [1.807, 2.05) is 45.3 Å². The van der Waals surface area contributed by atoms with Gasteiger partial charge in [-0.2, -0.15) is 0 Å². The highest BCUT2D eigenvalue weighted by atomic mass is 79.9. The maximum Gasteiger partial charge on any atom is 0.0705 e. The molecule has 0 aliphatic rings. The zero-order valence-electron chi connectivity index (χ0n) is 43.7. The molecule has 0 spiro atoms. The van der Waals surface area contributed by atoms with Gasteiger partial charge in [0.1, 0.15) is 0 Å². The minimum Gasteiger partial charge on any atom is -0.134 e. The summed E-state index contributed by atoms with van der Waals surface area (Å²) in [6.07, 6.45) is 53.7. The van der Waals surface area contributed by atoms with E-state index in [0.717, 1.165) is 0 Å². The standard InChI is InChI=1S/C62H90Br2S6/c1-3-5-7-9-11-13-15-17-19-21-23-25-27-29-31-33-35-37-39-49-59(55-43-41-51(65-55)53-45-47-57(63)67-53)69-62-50(60(70-61(49)62)56-44-42-52(66-56)54-46-48-58(64)68-54)40-38-36-34-32-30-28-26-24-22-20-18-16-14-12-10-8-6-4-2/h41-48H,3-40H2,1-2H3. The maximum absolute atomic E-state index is 3.73. The molecule has 6 rings (SSSR count). The van der Waals surface area contributed by atoms with Gasteiger partial charge in [0.15, 0.2) is 0 Å². The Kier molecular flexibility index (Phi) is 29.9. The van der Waals surface area contributed by atoms with E-state index in [9.17, 15) is 0 Å². The fourth-order valence-electron chi connectivity index (χ4n) is 10.4. The molecule has 8 heteroatoms. The molecule has 0 nitrogen and oxygen atoms in total. The molecule has 0 radical (unpaired) electrons. The van der Waals surface area contributed by atoms with Gasteiger partial charge >= 0.3 is 0 Å². The Balaban J connectivity index is 1.02. The molecule has 0 fully saturated rings. The molecule has 0 bridgehead atoms. The lowest BCUT2D eigenvalue weighted by Gasteiger charge is -2.06. The number of aryl methyl sites for hydroxylation is 2. The minimum atomic E-state index is 1.20. The van der Waals surface area contributed by atoms with Gasteiger partial charge in [0.25, 0.3) is 0 Å². The summed E-state index contributed by atoms with van der Waals surface area (Å²) in [7, 11) is 0. The predicted molar refractivity (Wildman–Crippen MR) is 333 cm³/mol. The summed E-state index contributed by atoms with van der Waals surface area (Å²) in [5.74, 6) is 0. The molecule has 0 amide bonds. The van der Waals surface area contributed by atoms with Crippen molar-refractivity contribution < 1.29 is 0 Å². The van der Waals surface area contributed by atoms with Gasteiger partial charge in [-0.05, 0) is 117 Å². The van der Waals surface area contributed by atoms with E-state index in [1.165, 1.54) is 281 Å². The van der Waals surface area contributed by atoms with Crippen LogP contribution in [-0.2, 0) is 12.8 Å². The lowest BCUT2D eigenvalue weighted by Crippen LogP contribution is -1.87. The van der Waals surface area contributed by atoms with E-state index < -0.39 is 0 Å². The van der Waals surface area contributed by atoms with Crippen molar-refractivity contribution in [3.8, 4) is 39.0 Å². The van der Waals surface area contributed by atoms with Crippen LogP contribution in [0.2, 0.25) is 0 Å². The zero-order valence-corrected chi connectivity index (χ0v) is 51.8. The van der Waals surface area contributed by atoms with E-state index in [4.69, 9.17) is 0 Å². The first-order valence-electron chi connectivity index (χ1n) is 28.8. The third kappa shape index (κ3) is 20.9. The van der Waals surface area contributed by atoms with Gasteiger partial charge < -0.3 is 0 Å². The van der Waals surface area contributed by atoms with E-state index in [2.05, 4.69) is 117 Å². The van der Waals surface area contributed by atoms with Crippen LogP contribution < -0.4 is 0 Å². The van der Waals surface area contributed by atoms with E-state index in [-0.39, 0.29) is 0 Å². The fraction of sp³-hybridized carbons (Fsp3) is 0.645. The van der Waals surface area contributed by atoms with Crippen molar-refractivity contribution in [2.45, 2.75) is 258 Å². The first-order valence-corrected chi connectivity index (χ1v) is 35.3. The molecule has 70 heavy (non-hydrogen) atoms. The van der Waals surface area contributed by atoms with Gasteiger partial charge in [0.2, 0.25) is 0 Å². The number of hydrogen-bond donors (Lipinski definition) is 0. The second-order valence-corrected chi connectivity index (χ2v) is 29.7. The summed E-state index contributed by atoms with van der Waals surface area (Å²) in [5, 5.41) is 0. The van der Waals surface area contributed by atoms with Crippen molar-refractivity contribution in [2.75, 3.05) is 0 Å². The monoisotopic (exact) mass is 1180 g/mol. The van der Waals surface area contributed by atoms with Crippen molar-refractivity contribution in [1.29, 1.82) is 0 Å². The molecule has 0 aromatic carbocycles. The molecule has 0 saturated heterocycles. The summed E-state index contributed by atoms with van der Waals surface area (Å²) in [6.45, 7) is 4.63. The van der Waals surface area contributed by atoms with E-state index in [0.29, 0.717) is 0 Å². The molecule has 0 N–H and O–H groups in total. The molecule has 0 unspecified atom stereocenters. The Morgan fingerprint density at radius 2 is 0.486 bits per heavy atom. The molecule has 0 atom stereocenters. The van der Waals surface area contributed by atoms with Crippen molar-refractivity contribution in [2.24, 2.45) is 0 Å². The first kappa shape index (κ1) is 58.7. The van der Waals surface area contributed by atoms with Crippen molar-refractivity contribution in [1.82, 2.24) is 0 Å². The Morgan fingerprint density at radius 1 is 0.257 bits per heavy atom. The number of fused-ring (bicyclic) bond motifs is 1. The van der Waals surface area contributed by atoms with Crippen LogP contribution in [0.5, 0.6) is 0 Å². The predicted octanol–water partition coefficient (Wildman–Crippen LogP) is 26.6. The minimum absolute atomic E-state index is 1.20. The first-order chi connectivity index (χ1) is 34.6. The number of hydrogen-bond acceptors (Lipinski definition) is 6. The third-order valence-corrected chi connectivity index (χ3v) is 23.4. The van der Waals surface area contributed by atoms with Crippen LogP contribution in [0.3, 0.4) is 0 Å². The van der Waals surface area contributed by atoms with Gasteiger partial charge in [0.05, 0.1) is 7.57 Å². The van der Waals surface area contributed by atoms with Crippen LogP contribution in [0.4, 0.5) is 0 Å². The summed E-state index contributed by atoms with van der Waals surface area (Å²) in [4.78, 5) is 11.6. The van der Waals surface area contributed by atoms with Crippen molar-refractivity contribution in [3.63, 3.8) is 0 Å². The number of thiophene rings is 6. The van der Waals surface area contributed by atoms with Gasteiger partial charge in [-0.25, -0.2) is 0 Å². The van der Waals surface area contributed by atoms with Crippen LogP contribution in [0.25, 0.3) is 48.4 Å². The van der Waals surface area contributed by atoms with E-state index >= 15 is 0 Å². The topological polar surface area (TPSA) is 0 Å². The second kappa shape index (κ2) is 35.6. The van der Waals surface area contributed by atoms with Crippen LogP contribution in [0, 0.1) is 0 Å². The Morgan fingerprint density at radius 3 is 0.743 bits per heavy atom. The van der Waals surface area contributed by atoms with Crippen molar-refractivity contribution in [3.05, 3.63) is 67.2 Å². The molecule has 6 aromatic rings. The molecular formula is C62H90Br2S6. The SMILES string of the molecule is CCCCCCCCCCCCCCCCCCCCc1c(-c2ccc(-c3ccc(Br)s3)s2)sc2c(CCCCCCCCCCCCCCCCCCCC)c(-c3ccc(-c4ccc(Br)s4)s3)sc12. The average Bonchev–Trinajstić information content (AvgIpc) is 4.24. The maximum atomic E-state index is 3.73. The number of rotatable bonds is 42.